The fourth-order valence-electron chi connectivity index (χ4n) is 3.24. The molecular weight excluding hydrogens is 413 g/mol. The molecule has 32 heavy (non-hydrogen) atoms. The molecule has 1 heterocycles. The molecule has 1 amide bonds. The van der Waals surface area contributed by atoms with E-state index in [1.165, 1.54) is 18.5 Å². The van der Waals surface area contributed by atoms with Gasteiger partial charge in [-0.3, -0.25) is 10.0 Å². The molecule has 8 nitrogen and oxygen atoms in total. The minimum absolute atomic E-state index is 0.297. The molecule has 0 aliphatic rings. The Morgan fingerprint density at radius 3 is 2.41 bits per heavy atom. The molecule has 0 spiro atoms. The fourth-order valence-corrected chi connectivity index (χ4v) is 3.24. The zero-order valence-corrected chi connectivity index (χ0v) is 16.8. The summed E-state index contributed by atoms with van der Waals surface area (Å²) in [5, 5.41) is 26.1. The van der Waals surface area contributed by atoms with Crippen LogP contribution in [0, 0.1) is 5.82 Å². The maximum absolute atomic E-state index is 13.2. The lowest BCUT2D eigenvalue weighted by atomic mass is 10.1. The lowest BCUT2D eigenvalue weighted by Crippen LogP contribution is -2.22. The highest BCUT2D eigenvalue weighted by molar-refractivity contribution is 5.93. The number of anilines is 3. The Bertz CT molecular complexity index is 1230. The maximum atomic E-state index is 13.2. The molecular formula is C23H20FN5O3. The Hall–Kier alpha value is -4.08. The third-order valence-corrected chi connectivity index (χ3v) is 4.82. The molecule has 0 aliphatic carbocycles. The molecule has 5 N–H and O–H groups in total. The Morgan fingerprint density at radius 1 is 0.969 bits per heavy atom. The summed E-state index contributed by atoms with van der Waals surface area (Å²) >= 11 is 0. The molecule has 0 fully saturated rings. The molecule has 1 atom stereocenters. The second-order valence-electron chi connectivity index (χ2n) is 7.09. The summed E-state index contributed by atoms with van der Waals surface area (Å²) in [6.45, 7) is 0. The van der Waals surface area contributed by atoms with Crippen molar-refractivity contribution in [2.24, 2.45) is 0 Å². The fraction of sp³-hybridized carbons (Fsp3) is 0.0870. The second-order valence-corrected chi connectivity index (χ2v) is 7.09. The monoisotopic (exact) mass is 433 g/mol. The number of carbonyl (C=O) groups is 1. The van der Waals surface area contributed by atoms with Crippen molar-refractivity contribution >= 4 is 34.0 Å². The van der Waals surface area contributed by atoms with Gasteiger partial charge in [-0.05, 0) is 60.2 Å². The Morgan fingerprint density at radius 2 is 1.69 bits per heavy atom. The standard InChI is InChI=1S/C23H20FN5O3/c24-16-5-7-17(8-6-16)28-22-19-12-18(9-10-20(19)25-13-26-22)27-21(30)11-14-1-3-15(4-2-14)23(31)29-32/h1-10,12-13,21,27,30,32H,11H2,(H,29,31)(H,25,26,28). The minimum atomic E-state index is -0.886. The number of aliphatic hydroxyl groups is 1. The number of amides is 1. The van der Waals surface area contributed by atoms with E-state index in [1.54, 1.807) is 47.9 Å². The van der Waals surface area contributed by atoms with E-state index < -0.39 is 12.1 Å². The van der Waals surface area contributed by atoms with Crippen molar-refractivity contribution in [3.63, 3.8) is 0 Å². The molecule has 1 unspecified atom stereocenters. The van der Waals surface area contributed by atoms with Crippen molar-refractivity contribution in [3.05, 3.63) is 90.0 Å². The SMILES string of the molecule is O=C(NO)c1ccc(CC(O)Nc2ccc3ncnc(Nc4ccc(F)cc4)c3c2)cc1. The van der Waals surface area contributed by atoms with Gasteiger partial charge in [0.2, 0.25) is 0 Å². The molecule has 0 saturated heterocycles. The average Bonchev–Trinajstić information content (AvgIpc) is 2.81. The van der Waals surface area contributed by atoms with Gasteiger partial charge in [-0.2, -0.15) is 0 Å². The van der Waals surface area contributed by atoms with E-state index in [2.05, 4.69) is 20.6 Å². The van der Waals surface area contributed by atoms with Crippen LogP contribution in [0.4, 0.5) is 21.6 Å². The minimum Gasteiger partial charge on any atom is -0.373 e. The quantitative estimate of drug-likeness (QED) is 0.172. The summed E-state index contributed by atoms with van der Waals surface area (Å²) in [5.41, 5.74) is 4.76. The van der Waals surface area contributed by atoms with Crippen LogP contribution in [-0.4, -0.2) is 32.4 Å². The maximum Gasteiger partial charge on any atom is 0.274 e. The molecule has 0 saturated carbocycles. The van der Waals surface area contributed by atoms with Crippen molar-refractivity contribution < 1.29 is 19.5 Å². The third-order valence-electron chi connectivity index (χ3n) is 4.82. The van der Waals surface area contributed by atoms with Crippen molar-refractivity contribution in [1.82, 2.24) is 15.4 Å². The number of hydrogen-bond donors (Lipinski definition) is 5. The van der Waals surface area contributed by atoms with Crippen LogP contribution in [0.25, 0.3) is 10.9 Å². The van der Waals surface area contributed by atoms with Crippen LogP contribution in [-0.2, 0) is 6.42 Å². The molecule has 9 heteroatoms. The first-order valence-electron chi connectivity index (χ1n) is 9.77. The van der Waals surface area contributed by atoms with Crippen LogP contribution in [0.1, 0.15) is 15.9 Å². The molecule has 3 aromatic carbocycles. The second kappa shape index (κ2) is 9.38. The van der Waals surface area contributed by atoms with Crippen LogP contribution in [0.5, 0.6) is 0 Å². The number of nitrogens with one attached hydrogen (secondary N) is 3. The highest BCUT2D eigenvalue weighted by atomic mass is 19.1. The lowest BCUT2D eigenvalue weighted by molar-refractivity contribution is 0.0706. The van der Waals surface area contributed by atoms with Crippen molar-refractivity contribution in [2.45, 2.75) is 12.6 Å². The Labute approximate surface area is 182 Å². The first kappa shape index (κ1) is 21.2. The van der Waals surface area contributed by atoms with E-state index in [1.807, 2.05) is 12.1 Å². The molecule has 4 rings (SSSR count). The number of aliphatic hydroxyl groups excluding tert-OH is 1. The van der Waals surface area contributed by atoms with Gasteiger partial charge in [0.1, 0.15) is 24.2 Å². The number of hydroxylamine groups is 1. The van der Waals surface area contributed by atoms with Crippen LogP contribution in [0.3, 0.4) is 0 Å². The van der Waals surface area contributed by atoms with Gasteiger partial charge in [0, 0.05) is 28.7 Å². The van der Waals surface area contributed by atoms with Gasteiger partial charge < -0.3 is 15.7 Å². The molecule has 0 radical (unpaired) electrons. The van der Waals surface area contributed by atoms with Crippen LogP contribution < -0.4 is 16.1 Å². The van der Waals surface area contributed by atoms with Gasteiger partial charge in [0.15, 0.2) is 0 Å². The zero-order valence-electron chi connectivity index (χ0n) is 16.8. The summed E-state index contributed by atoms with van der Waals surface area (Å²) in [4.78, 5) is 19.9. The summed E-state index contributed by atoms with van der Waals surface area (Å²) in [6, 6.07) is 17.9. The van der Waals surface area contributed by atoms with E-state index in [0.717, 1.165) is 10.9 Å². The van der Waals surface area contributed by atoms with Gasteiger partial charge in [-0.15, -0.1) is 0 Å². The average molecular weight is 433 g/mol. The number of halogens is 1. The van der Waals surface area contributed by atoms with Gasteiger partial charge in [-0.1, -0.05) is 12.1 Å². The van der Waals surface area contributed by atoms with Crippen LogP contribution in [0.2, 0.25) is 0 Å². The number of nitrogens with zero attached hydrogens (tertiary/aromatic N) is 2. The van der Waals surface area contributed by atoms with E-state index in [9.17, 15) is 14.3 Å². The number of hydrogen-bond acceptors (Lipinski definition) is 7. The van der Waals surface area contributed by atoms with E-state index in [-0.39, 0.29) is 5.82 Å². The summed E-state index contributed by atoms with van der Waals surface area (Å²) in [5.74, 6) is -0.369. The highest BCUT2D eigenvalue weighted by Crippen LogP contribution is 2.26. The first-order valence-corrected chi connectivity index (χ1v) is 9.77. The van der Waals surface area contributed by atoms with E-state index in [0.29, 0.717) is 34.7 Å². The zero-order chi connectivity index (χ0) is 22.5. The molecule has 0 aliphatic heterocycles. The predicted octanol–water partition coefficient (Wildman–Crippen LogP) is 3.60. The smallest absolute Gasteiger partial charge is 0.274 e. The highest BCUT2D eigenvalue weighted by Gasteiger charge is 2.10. The molecule has 162 valence electrons. The summed E-state index contributed by atoms with van der Waals surface area (Å²) in [7, 11) is 0. The summed E-state index contributed by atoms with van der Waals surface area (Å²) in [6.07, 6.45) is 0.852. The number of fused-ring (bicyclic) bond motifs is 1. The predicted molar refractivity (Wildman–Crippen MR) is 118 cm³/mol. The van der Waals surface area contributed by atoms with Crippen LogP contribution >= 0.6 is 0 Å². The largest absolute Gasteiger partial charge is 0.373 e. The molecule has 1 aromatic heterocycles. The lowest BCUT2D eigenvalue weighted by Gasteiger charge is -2.16. The van der Waals surface area contributed by atoms with Gasteiger partial charge in [-0.25, -0.2) is 19.8 Å². The van der Waals surface area contributed by atoms with E-state index >= 15 is 0 Å². The number of benzene rings is 3. The Kier molecular flexibility index (Phi) is 6.20. The molecule has 4 aromatic rings. The molecule has 0 bridgehead atoms. The van der Waals surface area contributed by atoms with Crippen molar-refractivity contribution in [1.29, 1.82) is 0 Å². The third kappa shape index (κ3) is 4.97. The first-order chi connectivity index (χ1) is 15.5. The van der Waals surface area contributed by atoms with Gasteiger partial charge in [0.05, 0.1) is 5.52 Å². The Balaban J connectivity index is 1.49. The van der Waals surface area contributed by atoms with Gasteiger partial charge >= 0.3 is 0 Å². The van der Waals surface area contributed by atoms with Crippen molar-refractivity contribution in [2.75, 3.05) is 10.6 Å². The number of aromatic nitrogens is 2. The van der Waals surface area contributed by atoms with Gasteiger partial charge in [0.25, 0.3) is 5.91 Å². The van der Waals surface area contributed by atoms with Crippen molar-refractivity contribution in [3.8, 4) is 0 Å². The van der Waals surface area contributed by atoms with E-state index in [4.69, 9.17) is 5.21 Å². The number of carbonyl (C=O) groups excluding carboxylic acids is 1. The van der Waals surface area contributed by atoms with Crippen LogP contribution in [0.15, 0.2) is 73.1 Å². The number of rotatable bonds is 7. The summed E-state index contributed by atoms with van der Waals surface area (Å²) < 4.78 is 13.2. The topological polar surface area (TPSA) is 119 Å². The normalized spacial score (nSPS) is 11.7.